The maximum Gasteiger partial charge on any atom is 0.219 e. The van der Waals surface area contributed by atoms with Crippen molar-refractivity contribution in [3.8, 4) is 0 Å². The van der Waals surface area contributed by atoms with Crippen molar-refractivity contribution in [1.82, 2.24) is 9.78 Å². The van der Waals surface area contributed by atoms with Crippen molar-refractivity contribution in [3.63, 3.8) is 0 Å². The first kappa shape index (κ1) is 12.7. The number of carbonyl (C=O) groups is 1. The van der Waals surface area contributed by atoms with Crippen LogP contribution in [0, 0.1) is 0 Å². The predicted molar refractivity (Wildman–Crippen MR) is 62.6 cm³/mol. The first-order valence-corrected chi connectivity index (χ1v) is 5.29. The highest BCUT2D eigenvalue weighted by atomic mass is 16.1. The normalized spacial score (nSPS) is 13.8. The summed E-state index contributed by atoms with van der Waals surface area (Å²) >= 11 is 0. The number of carbonyl (C=O) groups excluding carboxylic acids is 1. The van der Waals surface area contributed by atoms with Gasteiger partial charge in [-0.3, -0.25) is 9.48 Å². The molecule has 1 rings (SSSR count). The van der Waals surface area contributed by atoms with E-state index in [1.54, 1.807) is 4.68 Å². The van der Waals surface area contributed by atoms with Crippen LogP contribution in [0.15, 0.2) is 6.20 Å². The summed E-state index contributed by atoms with van der Waals surface area (Å²) in [4.78, 5) is 10.9. The van der Waals surface area contributed by atoms with Crippen LogP contribution in [0.25, 0.3) is 0 Å². The molecule has 90 valence electrons. The lowest BCUT2D eigenvalue weighted by Crippen LogP contribution is -2.24. The van der Waals surface area contributed by atoms with E-state index in [0.29, 0.717) is 0 Å². The molecule has 4 N–H and O–H groups in total. The summed E-state index contributed by atoms with van der Waals surface area (Å²) in [6, 6.07) is -0.375. The number of aryl methyl sites for hydroxylation is 1. The second kappa shape index (κ2) is 4.25. The van der Waals surface area contributed by atoms with Gasteiger partial charge in [-0.2, -0.15) is 5.10 Å². The zero-order chi connectivity index (χ0) is 12.5. The molecule has 0 aliphatic rings. The monoisotopic (exact) mass is 224 g/mol. The summed E-state index contributed by atoms with van der Waals surface area (Å²) in [5.74, 6) is -0.392. The second-order valence-electron chi connectivity index (χ2n) is 5.13. The van der Waals surface area contributed by atoms with Crippen LogP contribution in [0.2, 0.25) is 0 Å². The Morgan fingerprint density at radius 3 is 2.56 bits per heavy atom. The quantitative estimate of drug-likeness (QED) is 0.787. The molecule has 1 unspecified atom stereocenters. The Labute approximate surface area is 95.8 Å². The Morgan fingerprint density at radius 1 is 1.56 bits per heavy atom. The number of hydrogen-bond acceptors (Lipinski definition) is 3. The van der Waals surface area contributed by atoms with Crippen molar-refractivity contribution in [2.75, 3.05) is 0 Å². The lowest BCUT2D eigenvalue weighted by Gasteiger charge is -2.19. The van der Waals surface area contributed by atoms with Crippen LogP contribution in [0.4, 0.5) is 0 Å². The zero-order valence-electron chi connectivity index (χ0n) is 10.3. The fraction of sp³-hybridized carbons (Fsp3) is 0.636. The lowest BCUT2D eigenvalue weighted by atomic mass is 9.87. The van der Waals surface area contributed by atoms with E-state index < -0.39 is 5.91 Å². The molecule has 5 heteroatoms. The van der Waals surface area contributed by atoms with E-state index in [2.05, 4.69) is 25.9 Å². The summed E-state index contributed by atoms with van der Waals surface area (Å²) in [7, 11) is 1.84. The van der Waals surface area contributed by atoms with Crippen LogP contribution in [0.1, 0.15) is 44.5 Å². The molecule has 0 saturated carbocycles. The Hall–Kier alpha value is -1.36. The summed E-state index contributed by atoms with van der Waals surface area (Å²) in [5, 5.41) is 4.39. The minimum Gasteiger partial charge on any atom is -0.370 e. The molecule has 0 radical (unpaired) electrons. The Bertz CT molecular complexity index is 389. The SMILES string of the molecule is Cn1cc(C(N)CC(N)=O)c(C(C)(C)C)n1. The van der Waals surface area contributed by atoms with Gasteiger partial charge in [0.1, 0.15) is 0 Å². The van der Waals surface area contributed by atoms with E-state index in [9.17, 15) is 4.79 Å². The lowest BCUT2D eigenvalue weighted by molar-refractivity contribution is -0.118. The van der Waals surface area contributed by atoms with E-state index in [1.165, 1.54) is 0 Å². The number of nitrogens with two attached hydrogens (primary N) is 2. The molecule has 1 aromatic heterocycles. The van der Waals surface area contributed by atoms with E-state index in [0.717, 1.165) is 11.3 Å². The van der Waals surface area contributed by atoms with Crippen LogP contribution in [0.5, 0.6) is 0 Å². The van der Waals surface area contributed by atoms with Gasteiger partial charge in [0, 0.05) is 36.7 Å². The first-order chi connectivity index (χ1) is 7.21. The third kappa shape index (κ3) is 2.82. The fourth-order valence-corrected chi connectivity index (χ4v) is 1.69. The molecule has 0 aliphatic carbocycles. The molecule has 1 heterocycles. The molecule has 16 heavy (non-hydrogen) atoms. The number of amides is 1. The summed E-state index contributed by atoms with van der Waals surface area (Å²) in [6.45, 7) is 6.20. The number of hydrogen-bond donors (Lipinski definition) is 2. The number of aromatic nitrogens is 2. The average molecular weight is 224 g/mol. The molecule has 0 aliphatic heterocycles. The maximum absolute atomic E-state index is 10.9. The minimum absolute atomic E-state index is 0.0914. The van der Waals surface area contributed by atoms with Gasteiger partial charge in [0.05, 0.1) is 5.69 Å². The molecular weight excluding hydrogens is 204 g/mol. The fourth-order valence-electron chi connectivity index (χ4n) is 1.69. The molecule has 0 aromatic carbocycles. The molecule has 0 saturated heterocycles. The van der Waals surface area contributed by atoms with Crippen LogP contribution in [-0.4, -0.2) is 15.7 Å². The van der Waals surface area contributed by atoms with E-state index in [-0.39, 0.29) is 17.9 Å². The maximum atomic E-state index is 10.9. The van der Waals surface area contributed by atoms with Gasteiger partial charge in [-0.25, -0.2) is 0 Å². The van der Waals surface area contributed by atoms with Gasteiger partial charge in [0.25, 0.3) is 0 Å². The van der Waals surface area contributed by atoms with E-state index in [4.69, 9.17) is 11.5 Å². The van der Waals surface area contributed by atoms with Crippen molar-refractivity contribution in [2.45, 2.75) is 38.6 Å². The van der Waals surface area contributed by atoms with Gasteiger partial charge >= 0.3 is 0 Å². The van der Waals surface area contributed by atoms with E-state index in [1.807, 2.05) is 13.2 Å². The molecule has 1 amide bonds. The molecule has 0 spiro atoms. The van der Waals surface area contributed by atoms with Crippen LogP contribution in [-0.2, 0) is 17.3 Å². The smallest absolute Gasteiger partial charge is 0.219 e. The molecule has 1 aromatic rings. The van der Waals surface area contributed by atoms with Gasteiger partial charge in [0.15, 0.2) is 0 Å². The van der Waals surface area contributed by atoms with Crippen molar-refractivity contribution >= 4 is 5.91 Å². The Balaban J connectivity index is 3.08. The number of rotatable bonds is 3. The molecule has 0 bridgehead atoms. The third-order valence-electron chi connectivity index (χ3n) is 2.39. The summed E-state index contributed by atoms with van der Waals surface area (Å²) in [6.07, 6.45) is 2.00. The van der Waals surface area contributed by atoms with Crippen molar-refractivity contribution in [1.29, 1.82) is 0 Å². The third-order valence-corrected chi connectivity index (χ3v) is 2.39. The standard InChI is InChI=1S/C11H20N4O/c1-11(2,3)10-7(6-15(4)14-10)8(12)5-9(13)16/h6,8H,5,12H2,1-4H3,(H2,13,16). The number of nitrogens with zero attached hydrogens (tertiary/aromatic N) is 2. The molecule has 0 fully saturated rings. The van der Waals surface area contributed by atoms with Gasteiger partial charge in [-0.05, 0) is 0 Å². The van der Waals surface area contributed by atoms with Gasteiger partial charge in [-0.1, -0.05) is 20.8 Å². The molecular formula is C11H20N4O. The minimum atomic E-state index is -0.392. The summed E-state index contributed by atoms with van der Waals surface area (Å²) in [5.41, 5.74) is 12.8. The first-order valence-electron chi connectivity index (χ1n) is 5.29. The van der Waals surface area contributed by atoms with Crippen LogP contribution >= 0.6 is 0 Å². The second-order valence-corrected chi connectivity index (χ2v) is 5.13. The molecule has 5 nitrogen and oxygen atoms in total. The van der Waals surface area contributed by atoms with Gasteiger partial charge < -0.3 is 11.5 Å². The van der Waals surface area contributed by atoms with Crippen molar-refractivity contribution in [3.05, 3.63) is 17.5 Å². The van der Waals surface area contributed by atoms with Crippen molar-refractivity contribution in [2.24, 2.45) is 18.5 Å². The van der Waals surface area contributed by atoms with E-state index >= 15 is 0 Å². The Morgan fingerprint density at radius 2 is 2.12 bits per heavy atom. The highest BCUT2D eigenvalue weighted by Crippen LogP contribution is 2.28. The number of primary amides is 1. The van der Waals surface area contributed by atoms with Crippen molar-refractivity contribution < 1.29 is 4.79 Å². The Kier molecular flexibility index (Phi) is 3.38. The average Bonchev–Trinajstić information content (AvgIpc) is 2.45. The predicted octanol–water partition coefficient (Wildman–Crippen LogP) is 0.593. The molecule has 1 atom stereocenters. The highest BCUT2D eigenvalue weighted by Gasteiger charge is 2.25. The zero-order valence-corrected chi connectivity index (χ0v) is 10.3. The summed E-state index contributed by atoms with van der Waals surface area (Å²) < 4.78 is 1.72. The van der Waals surface area contributed by atoms with Gasteiger partial charge in [0.2, 0.25) is 5.91 Å². The largest absolute Gasteiger partial charge is 0.370 e. The van der Waals surface area contributed by atoms with Crippen LogP contribution < -0.4 is 11.5 Å². The van der Waals surface area contributed by atoms with Crippen LogP contribution in [0.3, 0.4) is 0 Å². The highest BCUT2D eigenvalue weighted by molar-refractivity contribution is 5.74. The van der Waals surface area contributed by atoms with Gasteiger partial charge in [-0.15, -0.1) is 0 Å². The topological polar surface area (TPSA) is 86.9 Å².